The van der Waals surface area contributed by atoms with Crippen LogP contribution in [0.3, 0.4) is 0 Å². The highest BCUT2D eigenvalue weighted by atomic mass is 32.2. The Labute approximate surface area is 151 Å². The van der Waals surface area contributed by atoms with Crippen molar-refractivity contribution in [3.8, 4) is 11.3 Å². The van der Waals surface area contributed by atoms with Gasteiger partial charge in [0.1, 0.15) is 0 Å². The summed E-state index contributed by atoms with van der Waals surface area (Å²) >= 11 is 1.52. The lowest BCUT2D eigenvalue weighted by Crippen LogP contribution is -2.26. The predicted octanol–water partition coefficient (Wildman–Crippen LogP) is 3.34. The number of rotatable bonds is 6. The summed E-state index contributed by atoms with van der Waals surface area (Å²) in [5.74, 6) is 0. The van der Waals surface area contributed by atoms with E-state index in [2.05, 4.69) is 14.7 Å². The van der Waals surface area contributed by atoms with E-state index in [1.807, 2.05) is 36.6 Å². The molecule has 0 unspecified atom stereocenters. The minimum atomic E-state index is -3.51. The van der Waals surface area contributed by atoms with Crippen LogP contribution in [0.5, 0.6) is 0 Å². The number of pyridine rings is 1. The summed E-state index contributed by atoms with van der Waals surface area (Å²) in [7, 11) is -3.51. The van der Waals surface area contributed by atoms with Gasteiger partial charge in [-0.1, -0.05) is 12.1 Å². The van der Waals surface area contributed by atoms with Crippen LogP contribution in [0, 0.1) is 13.8 Å². The van der Waals surface area contributed by atoms with Gasteiger partial charge in [-0.2, -0.15) is 0 Å². The lowest BCUT2D eigenvalue weighted by molar-refractivity contribution is 0.581. The van der Waals surface area contributed by atoms with E-state index in [0.29, 0.717) is 17.9 Å². The number of nitrogens with one attached hydrogen (secondary N) is 1. The quantitative estimate of drug-likeness (QED) is 0.719. The topological polar surface area (TPSA) is 72.0 Å². The Morgan fingerprint density at radius 2 is 2.04 bits per heavy atom. The van der Waals surface area contributed by atoms with Crippen molar-refractivity contribution in [2.45, 2.75) is 25.2 Å². The molecule has 3 rings (SSSR count). The van der Waals surface area contributed by atoms with Crippen LogP contribution in [0.25, 0.3) is 11.3 Å². The first-order chi connectivity index (χ1) is 12.0. The molecule has 0 saturated carbocycles. The number of aromatic nitrogens is 2. The number of nitrogens with zero attached hydrogens (tertiary/aromatic N) is 2. The van der Waals surface area contributed by atoms with Gasteiger partial charge >= 0.3 is 0 Å². The Kier molecular flexibility index (Phi) is 5.27. The van der Waals surface area contributed by atoms with Crippen LogP contribution < -0.4 is 4.72 Å². The summed E-state index contributed by atoms with van der Waals surface area (Å²) < 4.78 is 27.6. The number of sulfonamides is 1. The number of benzene rings is 1. The SMILES string of the molecule is Cc1ccc(C)c(S(=O)(=O)NCCc2nc(-c3cccnc3)cs2)c1. The molecule has 0 atom stereocenters. The molecule has 25 heavy (non-hydrogen) atoms. The Morgan fingerprint density at radius 1 is 1.20 bits per heavy atom. The molecule has 0 bridgehead atoms. The number of hydrogen-bond donors (Lipinski definition) is 1. The van der Waals surface area contributed by atoms with Gasteiger partial charge in [-0.15, -0.1) is 11.3 Å². The summed E-state index contributed by atoms with van der Waals surface area (Å²) in [4.78, 5) is 8.97. The Bertz CT molecular complexity index is 967. The lowest BCUT2D eigenvalue weighted by Gasteiger charge is -2.09. The second-order valence-corrected chi connectivity index (χ2v) is 8.46. The van der Waals surface area contributed by atoms with Crippen LogP contribution in [0.1, 0.15) is 16.1 Å². The van der Waals surface area contributed by atoms with Crippen LogP contribution >= 0.6 is 11.3 Å². The van der Waals surface area contributed by atoms with Crippen molar-refractivity contribution >= 4 is 21.4 Å². The number of hydrogen-bond acceptors (Lipinski definition) is 5. The summed E-state index contributed by atoms with van der Waals surface area (Å²) in [6, 6.07) is 9.25. The van der Waals surface area contributed by atoms with Gasteiger partial charge in [-0.25, -0.2) is 18.1 Å². The third-order valence-corrected chi connectivity index (χ3v) is 6.28. The fourth-order valence-corrected chi connectivity index (χ4v) is 4.61. The summed E-state index contributed by atoms with van der Waals surface area (Å²) in [6.07, 6.45) is 4.04. The van der Waals surface area contributed by atoms with E-state index in [1.54, 1.807) is 25.4 Å². The summed E-state index contributed by atoms with van der Waals surface area (Å²) in [5, 5.41) is 2.86. The molecule has 7 heteroatoms. The highest BCUT2D eigenvalue weighted by molar-refractivity contribution is 7.89. The molecular formula is C18H19N3O2S2. The van der Waals surface area contributed by atoms with Crippen molar-refractivity contribution < 1.29 is 8.42 Å². The maximum Gasteiger partial charge on any atom is 0.240 e. The van der Waals surface area contributed by atoms with Gasteiger partial charge in [0, 0.05) is 36.3 Å². The van der Waals surface area contributed by atoms with Gasteiger partial charge in [-0.3, -0.25) is 4.98 Å². The van der Waals surface area contributed by atoms with Crippen LogP contribution in [-0.2, 0) is 16.4 Å². The minimum absolute atomic E-state index is 0.315. The van der Waals surface area contributed by atoms with Crippen LogP contribution in [-0.4, -0.2) is 24.9 Å². The molecule has 0 spiro atoms. The molecule has 0 saturated heterocycles. The van der Waals surface area contributed by atoms with Crippen LogP contribution in [0.2, 0.25) is 0 Å². The average Bonchev–Trinajstić information content (AvgIpc) is 3.06. The van der Waals surface area contributed by atoms with E-state index in [4.69, 9.17) is 0 Å². The van der Waals surface area contributed by atoms with Crippen molar-refractivity contribution in [1.29, 1.82) is 0 Å². The average molecular weight is 374 g/mol. The summed E-state index contributed by atoms with van der Waals surface area (Å²) in [6.45, 7) is 4.00. The van der Waals surface area contributed by atoms with Gasteiger partial charge in [0.25, 0.3) is 0 Å². The maximum absolute atomic E-state index is 12.5. The van der Waals surface area contributed by atoms with Gasteiger partial charge < -0.3 is 0 Å². The van der Waals surface area contributed by atoms with Crippen LogP contribution in [0.15, 0.2) is 53.0 Å². The first-order valence-corrected chi connectivity index (χ1v) is 10.2. The lowest BCUT2D eigenvalue weighted by atomic mass is 10.2. The van der Waals surface area contributed by atoms with Gasteiger partial charge in [0.15, 0.2) is 0 Å². The van der Waals surface area contributed by atoms with E-state index in [9.17, 15) is 8.42 Å². The fourth-order valence-electron chi connectivity index (χ4n) is 2.44. The molecule has 130 valence electrons. The van der Waals surface area contributed by atoms with Crippen molar-refractivity contribution in [2.75, 3.05) is 6.54 Å². The van der Waals surface area contributed by atoms with Gasteiger partial charge in [0.05, 0.1) is 15.6 Å². The molecule has 0 amide bonds. The Hall–Kier alpha value is -2.09. The van der Waals surface area contributed by atoms with Gasteiger partial charge in [-0.05, 0) is 43.2 Å². The molecule has 0 aliphatic heterocycles. The molecule has 0 aliphatic carbocycles. The molecule has 0 radical (unpaired) electrons. The molecule has 3 aromatic rings. The van der Waals surface area contributed by atoms with Crippen molar-refractivity contribution in [1.82, 2.24) is 14.7 Å². The van der Waals surface area contributed by atoms with E-state index in [-0.39, 0.29) is 0 Å². The zero-order valence-electron chi connectivity index (χ0n) is 14.1. The van der Waals surface area contributed by atoms with Crippen molar-refractivity contribution in [3.63, 3.8) is 0 Å². The monoisotopic (exact) mass is 373 g/mol. The molecule has 2 heterocycles. The van der Waals surface area contributed by atoms with Crippen molar-refractivity contribution in [3.05, 3.63) is 64.2 Å². The summed E-state index contributed by atoms with van der Waals surface area (Å²) in [5.41, 5.74) is 3.49. The maximum atomic E-state index is 12.5. The highest BCUT2D eigenvalue weighted by Gasteiger charge is 2.16. The molecule has 2 aromatic heterocycles. The smallest absolute Gasteiger partial charge is 0.240 e. The van der Waals surface area contributed by atoms with Crippen LogP contribution in [0.4, 0.5) is 0 Å². The Balaban J connectivity index is 1.65. The molecule has 1 N–H and O–H groups in total. The molecule has 1 aromatic carbocycles. The van der Waals surface area contributed by atoms with E-state index in [0.717, 1.165) is 27.4 Å². The predicted molar refractivity (Wildman–Crippen MR) is 100 cm³/mol. The van der Waals surface area contributed by atoms with E-state index < -0.39 is 10.0 Å². The number of thiazole rings is 1. The minimum Gasteiger partial charge on any atom is -0.264 e. The van der Waals surface area contributed by atoms with Crippen molar-refractivity contribution in [2.24, 2.45) is 0 Å². The molecular weight excluding hydrogens is 354 g/mol. The second-order valence-electron chi connectivity index (χ2n) is 5.78. The second kappa shape index (κ2) is 7.43. The zero-order valence-corrected chi connectivity index (χ0v) is 15.7. The first kappa shape index (κ1) is 17.7. The molecule has 0 aliphatic rings. The van der Waals surface area contributed by atoms with E-state index >= 15 is 0 Å². The van der Waals surface area contributed by atoms with E-state index in [1.165, 1.54) is 11.3 Å². The normalized spacial score (nSPS) is 11.6. The largest absolute Gasteiger partial charge is 0.264 e. The number of aryl methyl sites for hydroxylation is 2. The third kappa shape index (κ3) is 4.31. The third-order valence-electron chi connectivity index (χ3n) is 3.77. The standard InChI is InChI=1S/C18H19N3O2S2/c1-13-5-6-14(2)17(10-13)25(22,23)20-9-7-18-21-16(12-24-18)15-4-3-8-19-11-15/h3-6,8,10-12,20H,7,9H2,1-2H3. The fraction of sp³-hybridized carbons (Fsp3) is 0.222. The Morgan fingerprint density at radius 3 is 2.80 bits per heavy atom. The highest BCUT2D eigenvalue weighted by Crippen LogP contribution is 2.21. The molecule has 5 nitrogen and oxygen atoms in total. The first-order valence-electron chi connectivity index (χ1n) is 7.87. The zero-order chi connectivity index (χ0) is 17.9. The van der Waals surface area contributed by atoms with Gasteiger partial charge in [0.2, 0.25) is 10.0 Å². The molecule has 0 fully saturated rings.